The predicted molar refractivity (Wildman–Crippen MR) is 134 cm³/mol. The van der Waals surface area contributed by atoms with Gasteiger partial charge < -0.3 is 23.9 Å². The zero-order valence-corrected chi connectivity index (χ0v) is 21.0. The van der Waals surface area contributed by atoms with E-state index in [4.69, 9.17) is 24.2 Å². The van der Waals surface area contributed by atoms with Crippen molar-refractivity contribution in [1.82, 2.24) is 9.97 Å². The van der Waals surface area contributed by atoms with Crippen molar-refractivity contribution >= 4 is 40.3 Å². The van der Waals surface area contributed by atoms with Crippen LogP contribution in [0, 0.1) is 5.92 Å². The van der Waals surface area contributed by atoms with Gasteiger partial charge in [-0.1, -0.05) is 12.1 Å². The molecule has 0 amide bonds. The third-order valence-corrected chi connectivity index (χ3v) is 5.53. The van der Waals surface area contributed by atoms with E-state index in [1.54, 1.807) is 6.92 Å². The van der Waals surface area contributed by atoms with Crippen LogP contribution < -0.4 is 4.90 Å². The van der Waals surface area contributed by atoms with Crippen molar-refractivity contribution in [3.8, 4) is 0 Å². The van der Waals surface area contributed by atoms with Gasteiger partial charge >= 0.3 is 5.97 Å². The summed E-state index contributed by atoms with van der Waals surface area (Å²) in [7, 11) is 0. The quantitative estimate of drug-likeness (QED) is 0.343. The number of furan rings is 1. The number of benzene rings is 1. The third-order valence-electron chi connectivity index (χ3n) is 5.53. The van der Waals surface area contributed by atoms with E-state index in [0.717, 1.165) is 66.1 Å². The Balaban J connectivity index is 0.000000429. The monoisotopic (exact) mass is 485 g/mol. The van der Waals surface area contributed by atoms with E-state index in [-0.39, 0.29) is 12.2 Å². The van der Waals surface area contributed by atoms with Crippen molar-refractivity contribution in [1.29, 1.82) is 0 Å². The van der Waals surface area contributed by atoms with E-state index < -0.39 is 11.9 Å². The van der Waals surface area contributed by atoms with Crippen LogP contribution in [0.2, 0.25) is 0 Å². The topological polar surface area (TPSA) is 115 Å². The summed E-state index contributed by atoms with van der Waals surface area (Å²) in [5, 5.41) is 9.91. The molecule has 3 heterocycles. The fraction of sp³-hybridized carbons (Fsp3) is 0.538. The highest BCUT2D eigenvalue weighted by molar-refractivity contribution is 6.05. The molecular formula is C26H35N3O6. The Hall–Kier alpha value is -3.20. The Morgan fingerprint density at radius 2 is 1.94 bits per heavy atom. The minimum atomic E-state index is -0.837. The summed E-state index contributed by atoms with van der Waals surface area (Å²) < 4.78 is 16.1. The maximum absolute atomic E-state index is 10.8. The normalized spacial score (nSPS) is 14.6. The number of carboxylic acid groups (broad SMARTS) is 1. The molecule has 1 unspecified atom stereocenters. The molecule has 1 aromatic carbocycles. The molecule has 1 fully saturated rings. The highest BCUT2D eigenvalue weighted by atomic mass is 16.5. The van der Waals surface area contributed by atoms with E-state index in [0.29, 0.717) is 19.5 Å². The summed E-state index contributed by atoms with van der Waals surface area (Å²) in [6.07, 6.45) is 3.75. The van der Waals surface area contributed by atoms with Crippen molar-refractivity contribution in [2.75, 3.05) is 31.2 Å². The number of aromatic nitrogens is 2. The van der Waals surface area contributed by atoms with Crippen LogP contribution in [-0.2, 0) is 25.5 Å². The van der Waals surface area contributed by atoms with E-state index in [1.807, 2.05) is 45.0 Å². The Morgan fingerprint density at radius 3 is 2.57 bits per heavy atom. The maximum atomic E-state index is 10.8. The molecule has 4 rings (SSSR count). The summed E-state index contributed by atoms with van der Waals surface area (Å²) in [6, 6.07) is 7.94. The Bertz CT molecular complexity index is 1130. The highest BCUT2D eigenvalue weighted by Gasteiger charge is 2.22. The number of aliphatic carboxylic acids is 1. The largest absolute Gasteiger partial charge is 0.481 e. The molecule has 9 heteroatoms. The average Bonchev–Trinajstić information content (AvgIpc) is 3.46. The molecule has 1 N–H and O–H groups in total. The van der Waals surface area contributed by atoms with E-state index in [1.165, 1.54) is 0 Å². The van der Waals surface area contributed by atoms with E-state index in [2.05, 4.69) is 9.64 Å². The average molecular weight is 486 g/mol. The summed E-state index contributed by atoms with van der Waals surface area (Å²) in [5.74, 6) is 0.326. The van der Waals surface area contributed by atoms with Crippen LogP contribution >= 0.6 is 0 Å². The number of ether oxygens (including phenoxy) is 2. The summed E-state index contributed by atoms with van der Waals surface area (Å²) in [4.78, 5) is 32.3. The van der Waals surface area contributed by atoms with Gasteiger partial charge in [0.05, 0.1) is 12.5 Å². The fourth-order valence-corrected chi connectivity index (χ4v) is 3.68. The third kappa shape index (κ3) is 7.39. The zero-order chi connectivity index (χ0) is 25.4. The molecule has 0 aliphatic carbocycles. The van der Waals surface area contributed by atoms with Crippen LogP contribution in [0.5, 0.6) is 0 Å². The van der Waals surface area contributed by atoms with Crippen LogP contribution in [0.1, 0.15) is 52.8 Å². The molecule has 2 aromatic heterocycles. The number of hydrogen-bond acceptors (Lipinski definition) is 8. The standard InChI is InChI=1S/C21H25N3O4.C5H10O2/c1-14(21(25)26)13-27-12-6-9-17-22-18-15-7-2-3-8-16(15)28-19(18)20(23-17)24-10-4-5-11-24;1-5(2,3)7-4-6/h2-3,7-8,14H,4-6,9-13H2,1H3,(H,25,26);4H,1-3H3. The van der Waals surface area contributed by atoms with Gasteiger partial charge in [-0.25, -0.2) is 9.97 Å². The molecule has 0 radical (unpaired) electrons. The molecule has 3 aromatic rings. The summed E-state index contributed by atoms with van der Waals surface area (Å²) in [5.41, 5.74) is 2.14. The number of carbonyl (C=O) groups excluding carboxylic acids is 1. The summed E-state index contributed by atoms with van der Waals surface area (Å²) >= 11 is 0. The second-order valence-corrected chi connectivity index (χ2v) is 9.68. The molecule has 0 bridgehead atoms. The molecule has 9 nitrogen and oxygen atoms in total. The van der Waals surface area contributed by atoms with Crippen LogP contribution in [0.25, 0.3) is 22.1 Å². The lowest BCUT2D eigenvalue weighted by molar-refractivity contribution is -0.143. The van der Waals surface area contributed by atoms with Crippen molar-refractivity contribution < 1.29 is 28.6 Å². The van der Waals surface area contributed by atoms with Gasteiger partial charge in [0.1, 0.15) is 22.5 Å². The van der Waals surface area contributed by atoms with Gasteiger partial charge in [0, 0.05) is 31.5 Å². The highest BCUT2D eigenvalue weighted by Crippen LogP contribution is 2.34. The van der Waals surface area contributed by atoms with Gasteiger partial charge in [-0.15, -0.1) is 0 Å². The molecule has 1 aliphatic rings. The van der Waals surface area contributed by atoms with E-state index in [9.17, 15) is 9.59 Å². The van der Waals surface area contributed by atoms with Gasteiger partial charge in [-0.3, -0.25) is 9.59 Å². The maximum Gasteiger partial charge on any atom is 0.308 e. The van der Waals surface area contributed by atoms with Crippen LogP contribution in [-0.4, -0.2) is 59.4 Å². The number of para-hydroxylation sites is 1. The van der Waals surface area contributed by atoms with E-state index >= 15 is 0 Å². The van der Waals surface area contributed by atoms with Gasteiger partial charge in [0.2, 0.25) is 0 Å². The molecule has 0 saturated carbocycles. The first-order chi connectivity index (χ1) is 16.7. The molecule has 35 heavy (non-hydrogen) atoms. The van der Waals surface area contributed by atoms with Crippen LogP contribution in [0.3, 0.4) is 0 Å². The first kappa shape index (κ1) is 26.4. The number of aryl methyl sites for hydroxylation is 1. The molecule has 0 spiro atoms. The zero-order valence-electron chi connectivity index (χ0n) is 21.0. The lowest BCUT2D eigenvalue weighted by atomic mass is 10.2. The lowest BCUT2D eigenvalue weighted by Crippen LogP contribution is -2.20. The molecule has 1 aliphatic heterocycles. The number of hydrogen-bond donors (Lipinski definition) is 1. The molecule has 1 atom stereocenters. The van der Waals surface area contributed by atoms with Crippen LogP contribution in [0.4, 0.5) is 5.82 Å². The Labute approximate surface area is 205 Å². The Morgan fingerprint density at radius 1 is 1.23 bits per heavy atom. The van der Waals surface area contributed by atoms with Gasteiger partial charge in [-0.2, -0.15) is 0 Å². The van der Waals surface area contributed by atoms with Crippen molar-refractivity contribution in [2.45, 2.75) is 59.0 Å². The SMILES string of the molecule is CC(C)(C)OC=O.CC(COCCCc1nc(N2CCCC2)c2oc3ccccc3c2n1)C(=O)O. The Kier molecular flexibility index (Phi) is 9.03. The smallest absolute Gasteiger partial charge is 0.308 e. The number of anilines is 1. The minimum absolute atomic E-state index is 0.223. The van der Waals surface area contributed by atoms with Gasteiger partial charge in [0.25, 0.3) is 6.47 Å². The van der Waals surface area contributed by atoms with Gasteiger partial charge in [0.15, 0.2) is 11.4 Å². The first-order valence-corrected chi connectivity index (χ1v) is 12.0. The number of fused-ring (bicyclic) bond motifs is 3. The first-order valence-electron chi connectivity index (χ1n) is 12.0. The number of carbonyl (C=O) groups is 2. The minimum Gasteiger partial charge on any atom is -0.481 e. The van der Waals surface area contributed by atoms with Crippen molar-refractivity contribution in [3.05, 3.63) is 30.1 Å². The van der Waals surface area contributed by atoms with Gasteiger partial charge in [-0.05, 0) is 59.1 Å². The number of carboxylic acids is 1. The number of nitrogens with zero attached hydrogens (tertiary/aromatic N) is 3. The lowest BCUT2D eigenvalue weighted by Gasteiger charge is -2.17. The summed E-state index contributed by atoms with van der Waals surface area (Å²) in [6.45, 7) is 10.2. The molecule has 190 valence electrons. The molecule has 1 saturated heterocycles. The van der Waals surface area contributed by atoms with Crippen molar-refractivity contribution in [2.24, 2.45) is 5.92 Å². The number of rotatable bonds is 9. The predicted octanol–water partition coefficient (Wildman–Crippen LogP) is 4.60. The van der Waals surface area contributed by atoms with Crippen molar-refractivity contribution in [3.63, 3.8) is 0 Å². The second-order valence-electron chi connectivity index (χ2n) is 9.68. The van der Waals surface area contributed by atoms with Crippen LogP contribution in [0.15, 0.2) is 28.7 Å². The fourth-order valence-electron chi connectivity index (χ4n) is 3.68. The molecular weight excluding hydrogens is 450 g/mol. The second kappa shape index (κ2) is 12.0.